The van der Waals surface area contributed by atoms with Crippen LogP contribution in [-0.2, 0) is 14.3 Å². The normalized spacial score (nSPS) is 17.7. The van der Waals surface area contributed by atoms with Gasteiger partial charge in [0.25, 0.3) is 11.6 Å². The lowest BCUT2D eigenvalue weighted by molar-refractivity contribution is -0.384. The van der Waals surface area contributed by atoms with Crippen molar-refractivity contribution in [2.24, 2.45) is 11.8 Å². The SMILES string of the molecule is CC1=CC[C@H]2C(=O)N(c3cccc(C(=O)Nc4ccc(C(=O)OCC(=O)c5ccc([N+](=O)[O-])cc5)cc4)c3)C(=O)[C@@H]2C1. The largest absolute Gasteiger partial charge is 0.454 e. The van der Waals surface area contributed by atoms with Crippen molar-refractivity contribution in [3.05, 3.63) is 111 Å². The van der Waals surface area contributed by atoms with Gasteiger partial charge in [-0.25, -0.2) is 4.79 Å². The van der Waals surface area contributed by atoms with Crippen molar-refractivity contribution in [1.29, 1.82) is 0 Å². The number of ketones is 1. The maximum absolute atomic E-state index is 13.0. The van der Waals surface area contributed by atoms with Gasteiger partial charge in [0.05, 0.1) is 28.0 Å². The van der Waals surface area contributed by atoms with Crippen LogP contribution in [-0.4, -0.2) is 41.0 Å². The molecule has 11 heteroatoms. The van der Waals surface area contributed by atoms with Crippen molar-refractivity contribution in [2.75, 3.05) is 16.8 Å². The average Bonchev–Trinajstić information content (AvgIpc) is 3.24. The Bertz CT molecular complexity index is 1640. The number of esters is 1. The molecule has 0 aromatic heterocycles. The number of carbonyl (C=O) groups is 5. The number of anilines is 2. The lowest BCUT2D eigenvalue weighted by Crippen LogP contribution is -2.31. The second-order valence-electron chi connectivity index (χ2n) is 10.1. The van der Waals surface area contributed by atoms with E-state index in [4.69, 9.17) is 4.74 Å². The number of carbonyl (C=O) groups excluding carboxylic acids is 5. The number of amides is 3. The summed E-state index contributed by atoms with van der Waals surface area (Å²) in [6.45, 7) is 1.40. The number of benzene rings is 3. The first-order valence-electron chi connectivity index (χ1n) is 13.1. The third-order valence-corrected chi connectivity index (χ3v) is 7.30. The van der Waals surface area contributed by atoms with E-state index in [1.54, 1.807) is 18.2 Å². The molecule has 1 fully saturated rings. The van der Waals surface area contributed by atoms with Crippen LogP contribution in [0.2, 0.25) is 0 Å². The van der Waals surface area contributed by atoms with E-state index in [1.807, 2.05) is 13.0 Å². The summed E-state index contributed by atoms with van der Waals surface area (Å²) in [4.78, 5) is 75.0. The highest BCUT2D eigenvalue weighted by atomic mass is 16.6. The fraction of sp³-hybridized carbons (Fsp3) is 0.194. The summed E-state index contributed by atoms with van der Waals surface area (Å²) in [7, 11) is 0. The number of nitrogens with zero attached hydrogens (tertiary/aromatic N) is 2. The summed E-state index contributed by atoms with van der Waals surface area (Å²) in [6.07, 6.45) is 3.06. The number of hydrogen-bond acceptors (Lipinski definition) is 8. The lowest BCUT2D eigenvalue weighted by atomic mass is 9.82. The van der Waals surface area contributed by atoms with Crippen LogP contribution in [0.5, 0.6) is 0 Å². The molecule has 3 aromatic rings. The molecule has 1 N–H and O–H groups in total. The number of allylic oxidation sites excluding steroid dienone is 2. The second kappa shape index (κ2) is 11.6. The minimum atomic E-state index is -0.762. The summed E-state index contributed by atoms with van der Waals surface area (Å²) >= 11 is 0. The first-order chi connectivity index (χ1) is 20.1. The molecule has 0 saturated carbocycles. The Morgan fingerprint density at radius 3 is 2.29 bits per heavy atom. The van der Waals surface area contributed by atoms with Gasteiger partial charge < -0.3 is 10.1 Å². The van der Waals surface area contributed by atoms with Crippen LogP contribution in [0.15, 0.2) is 84.4 Å². The van der Waals surface area contributed by atoms with Crippen LogP contribution in [0.3, 0.4) is 0 Å². The Balaban J connectivity index is 1.18. The molecular weight excluding hydrogens is 542 g/mol. The van der Waals surface area contributed by atoms with Gasteiger partial charge in [-0.05, 0) is 74.4 Å². The molecular formula is C31H25N3O8. The Kier molecular flexibility index (Phi) is 7.74. The van der Waals surface area contributed by atoms with E-state index < -0.39 is 29.2 Å². The minimum Gasteiger partial charge on any atom is -0.454 e. The summed E-state index contributed by atoms with van der Waals surface area (Å²) in [5.74, 6) is -3.05. The number of non-ortho nitro benzene ring substituents is 1. The van der Waals surface area contributed by atoms with Gasteiger partial charge in [0.2, 0.25) is 11.8 Å². The molecule has 2 aliphatic rings. The van der Waals surface area contributed by atoms with Crippen molar-refractivity contribution in [3.8, 4) is 0 Å². The summed E-state index contributed by atoms with van der Waals surface area (Å²) < 4.78 is 5.06. The van der Waals surface area contributed by atoms with Gasteiger partial charge in [-0.1, -0.05) is 17.7 Å². The topological polar surface area (TPSA) is 153 Å². The minimum absolute atomic E-state index is 0.142. The van der Waals surface area contributed by atoms with Crippen LogP contribution >= 0.6 is 0 Å². The highest BCUT2D eigenvalue weighted by Gasteiger charge is 2.48. The maximum Gasteiger partial charge on any atom is 0.338 e. The zero-order chi connectivity index (χ0) is 30.0. The molecule has 5 rings (SSSR count). The van der Waals surface area contributed by atoms with E-state index in [1.165, 1.54) is 59.5 Å². The quantitative estimate of drug-likeness (QED) is 0.102. The number of fused-ring (bicyclic) bond motifs is 1. The van der Waals surface area contributed by atoms with Gasteiger partial charge in [0, 0.05) is 28.9 Å². The molecule has 1 heterocycles. The zero-order valence-corrected chi connectivity index (χ0v) is 22.4. The molecule has 11 nitrogen and oxygen atoms in total. The third kappa shape index (κ3) is 5.71. The smallest absolute Gasteiger partial charge is 0.338 e. The molecule has 2 atom stereocenters. The fourth-order valence-corrected chi connectivity index (χ4v) is 5.04. The number of nitrogens with one attached hydrogen (secondary N) is 1. The van der Waals surface area contributed by atoms with Gasteiger partial charge in [-0.3, -0.25) is 34.2 Å². The van der Waals surface area contributed by atoms with E-state index in [0.29, 0.717) is 24.2 Å². The standard InChI is InChI=1S/C31H25N3O8/c1-18-5-14-25-26(15-18)30(38)33(29(25)37)24-4-2-3-21(16-24)28(36)32-22-10-6-20(7-11-22)31(39)42-17-27(35)19-8-12-23(13-9-19)34(40)41/h2-13,16,25-26H,14-15,17H2,1H3,(H,32,36)/t25-,26-/m1/s1. The average molecular weight is 568 g/mol. The predicted octanol–water partition coefficient (Wildman–Crippen LogP) is 4.73. The van der Waals surface area contributed by atoms with Crippen LogP contribution in [0.1, 0.15) is 50.8 Å². The highest BCUT2D eigenvalue weighted by molar-refractivity contribution is 6.22. The molecule has 0 unspecified atom stereocenters. The van der Waals surface area contributed by atoms with Gasteiger partial charge in [-0.15, -0.1) is 0 Å². The van der Waals surface area contributed by atoms with Gasteiger partial charge >= 0.3 is 5.97 Å². The zero-order valence-electron chi connectivity index (χ0n) is 22.4. The number of ether oxygens (including phenoxy) is 1. The third-order valence-electron chi connectivity index (χ3n) is 7.30. The Morgan fingerprint density at radius 1 is 0.929 bits per heavy atom. The number of imide groups is 1. The van der Waals surface area contributed by atoms with Crippen LogP contribution < -0.4 is 10.2 Å². The molecule has 0 bridgehead atoms. The Morgan fingerprint density at radius 2 is 1.60 bits per heavy atom. The van der Waals surface area contributed by atoms with E-state index in [9.17, 15) is 34.1 Å². The van der Waals surface area contributed by atoms with Crippen LogP contribution in [0.25, 0.3) is 0 Å². The summed E-state index contributed by atoms with van der Waals surface area (Å²) in [5, 5.41) is 13.5. The van der Waals surface area contributed by atoms with Gasteiger partial charge in [0.15, 0.2) is 12.4 Å². The van der Waals surface area contributed by atoms with Crippen LogP contribution in [0, 0.1) is 22.0 Å². The number of nitro benzene ring substituents is 1. The van der Waals surface area contributed by atoms with E-state index in [-0.39, 0.29) is 46.0 Å². The van der Waals surface area contributed by atoms with Crippen molar-refractivity contribution in [1.82, 2.24) is 0 Å². The molecule has 212 valence electrons. The van der Waals surface area contributed by atoms with E-state index >= 15 is 0 Å². The summed E-state index contributed by atoms with van der Waals surface area (Å²) in [6, 6.07) is 17.1. The Hall–Kier alpha value is -5.45. The van der Waals surface area contributed by atoms with E-state index in [0.717, 1.165) is 5.57 Å². The van der Waals surface area contributed by atoms with Gasteiger partial charge in [-0.2, -0.15) is 0 Å². The van der Waals surface area contributed by atoms with Crippen molar-refractivity contribution in [2.45, 2.75) is 19.8 Å². The lowest BCUT2D eigenvalue weighted by Gasteiger charge is -2.18. The number of nitro groups is 1. The molecule has 0 radical (unpaired) electrons. The highest BCUT2D eigenvalue weighted by Crippen LogP contribution is 2.39. The molecule has 42 heavy (non-hydrogen) atoms. The first-order valence-corrected chi connectivity index (χ1v) is 13.1. The molecule has 1 saturated heterocycles. The van der Waals surface area contributed by atoms with Crippen molar-refractivity contribution in [3.63, 3.8) is 0 Å². The molecule has 3 amide bonds. The summed E-state index contributed by atoms with van der Waals surface area (Å²) in [5.41, 5.74) is 2.19. The van der Waals surface area contributed by atoms with E-state index in [2.05, 4.69) is 5.32 Å². The van der Waals surface area contributed by atoms with Crippen molar-refractivity contribution < 1.29 is 33.6 Å². The predicted molar refractivity (Wildman–Crippen MR) is 151 cm³/mol. The molecule has 3 aromatic carbocycles. The van der Waals surface area contributed by atoms with Gasteiger partial charge in [0.1, 0.15) is 0 Å². The van der Waals surface area contributed by atoms with Crippen LogP contribution in [0.4, 0.5) is 17.1 Å². The first kappa shape index (κ1) is 28.1. The number of rotatable bonds is 8. The monoisotopic (exact) mass is 567 g/mol. The fourth-order valence-electron chi connectivity index (χ4n) is 5.04. The number of Topliss-reactive ketones (excluding diaryl/α,β-unsaturated/α-hetero) is 1. The number of hydrogen-bond donors (Lipinski definition) is 1. The Labute approximate surface area is 239 Å². The maximum atomic E-state index is 13.0. The van der Waals surface area contributed by atoms with Crippen molar-refractivity contribution >= 4 is 46.5 Å². The second-order valence-corrected chi connectivity index (χ2v) is 10.1. The molecule has 0 spiro atoms. The molecule has 1 aliphatic carbocycles. The molecule has 1 aliphatic heterocycles.